The molecule has 0 amide bonds. The lowest BCUT2D eigenvalue weighted by atomic mass is 10.2. The molecule has 1 atom stereocenters. The van der Waals surface area contributed by atoms with Crippen molar-refractivity contribution in [3.8, 4) is 11.5 Å². The lowest BCUT2D eigenvalue weighted by Gasteiger charge is -2.18. The van der Waals surface area contributed by atoms with Gasteiger partial charge in [-0.25, -0.2) is 0 Å². The van der Waals surface area contributed by atoms with Crippen LogP contribution in [0.3, 0.4) is 0 Å². The molecule has 2 rings (SSSR count). The quantitative estimate of drug-likeness (QED) is 0.781. The van der Waals surface area contributed by atoms with Crippen molar-refractivity contribution in [2.45, 2.75) is 13.0 Å². The summed E-state index contributed by atoms with van der Waals surface area (Å²) in [5.74, 6) is 2.25. The summed E-state index contributed by atoms with van der Waals surface area (Å²) in [6, 6.07) is 1.83. The van der Waals surface area contributed by atoms with E-state index in [1.807, 2.05) is 6.07 Å². The zero-order valence-corrected chi connectivity index (χ0v) is 12.4. The first-order chi connectivity index (χ1) is 8.78. The molecule has 1 aliphatic rings. The van der Waals surface area contributed by atoms with Gasteiger partial charge in [0.1, 0.15) is 5.69 Å². The monoisotopic (exact) mass is 314 g/mol. The van der Waals surface area contributed by atoms with Crippen molar-refractivity contribution in [2.24, 2.45) is 5.92 Å². The van der Waals surface area contributed by atoms with Crippen LogP contribution in [0.15, 0.2) is 12.3 Å². The van der Waals surface area contributed by atoms with Crippen molar-refractivity contribution in [2.75, 3.05) is 32.6 Å². The van der Waals surface area contributed by atoms with Gasteiger partial charge in [-0.3, -0.25) is 9.88 Å². The number of rotatable bonds is 5. The van der Waals surface area contributed by atoms with E-state index in [9.17, 15) is 0 Å². The van der Waals surface area contributed by atoms with E-state index < -0.39 is 0 Å². The van der Waals surface area contributed by atoms with Gasteiger partial charge in [0.25, 0.3) is 0 Å². The van der Waals surface area contributed by atoms with Gasteiger partial charge in [-0.2, -0.15) is 0 Å². The highest BCUT2D eigenvalue weighted by Gasteiger charge is 2.23. The number of pyridine rings is 1. The Morgan fingerprint density at radius 2 is 2.28 bits per heavy atom. The molecule has 0 bridgehead atoms. The Hall–Kier alpha value is -0.810. The average Bonchev–Trinajstić information content (AvgIpc) is 2.86. The smallest absolute Gasteiger partial charge is 0.183 e. The Labute approximate surface area is 116 Å². The van der Waals surface area contributed by atoms with Gasteiger partial charge in [-0.1, -0.05) is 15.9 Å². The molecule has 0 aliphatic carbocycles. The summed E-state index contributed by atoms with van der Waals surface area (Å²) < 4.78 is 10.7. The third-order valence-electron chi connectivity index (χ3n) is 3.33. The number of hydrogen-bond donors (Lipinski definition) is 0. The summed E-state index contributed by atoms with van der Waals surface area (Å²) >= 11 is 3.55. The minimum Gasteiger partial charge on any atom is -0.493 e. The van der Waals surface area contributed by atoms with E-state index in [2.05, 4.69) is 25.8 Å². The lowest BCUT2D eigenvalue weighted by Crippen LogP contribution is -2.21. The molecule has 18 heavy (non-hydrogen) atoms. The van der Waals surface area contributed by atoms with E-state index in [1.54, 1.807) is 20.4 Å². The van der Waals surface area contributed by atoms with Gasteiger partial charge < -0.3 is 9.47 Å². The third kappa shape index (κ3) is 2.95. The first-order valence-electron chi connectivity index (χ1n) is 6.12. The van der Waals surface area contributed by atoms with Crippen LogP contribution in [0.4, 0.5) is 0 Å². The molecule has 1 fully saturated rings. The average molecular weight is 315 g/mol. The molecule has 5 heteroatoms. The normalized spacial score (nSPS) is 20.1. The minimum atomic E-state index is 0.749. The topological polar surface area (TPSA) is 34.6 Å². The van der Waals surface area contributed by atoms with Crippen LogP contribution in [0.1, 0.15) is 12.1 Å². The SMILES string of the molecule is COc1ccnc(CN2CCC(CBr)C2)c1OC. The molecule has 1 unspecified atom stereocenters. The number of aromatic nitrogens is 1. The maximum absolute atomic E-state index is 5.41. The van der Waals surface area contributed by atoms with Crippen LogP contribution in [0, 0.1) is 5.92 Å². The second-order valence-corrected chi connectivity index (χ2v) is 5.18. The second kappa shape index (κ2) is 6.38. The lowest BCUT2D eigenvalue weighted by molar-refractivity contribution is 0.300. The largest absolute Gasteiger partial charge is 0.493 e. The molecule has 0 saturated carbocycles. The molecule has 100 valence electrons. The van der Waals surface area contributed by atoms with Crippen LogP contribution in [-0.4, -0.2) is 42.5 Å². The first kappa shape index (κ1) is 13.6. The molecule has 0 spiro atoms. The van der Waals surface area contributed by atoms with Crippen LogP contribution in [0.5, 0.6) is 11.5 Å². The Bertz CT molecular complexity index is 401. The molecule has 1 saturated heterocycles. The Morgan fingerprint density at radius 3 is 2.89 bits per heavy atom. The van der Waals surface area contributed by atoms with Crippen molar-refractivity contribution in [3.63, 3.8) is 0 Å². The van der Waals surface area contributed by atoms with Gasteiger partial charge in [0, 0.05) is 30.7 Å². The highest BCUT2D eigenvalue weighted by atomic mass is 79.9. The summed E-state index contributed by atoms with van der Waals surface area (Å²) in [6.07, 6.45) is 3.02. The predicted molar refractivity (Wildman–Crippen MR) is 74.5 cm³/mol. The van der Waals surface area contributed by atoms with Gasteiger partial charge in [-0.05, 0) is 18.9 Å². The second-order valence-electron chi connectivity index (χ2n) is 4.54. The van der Waals surface area contributed by atoms with Gasteiger partial charge >= 0.3 is 0 Å². The zero-order valence-electron chi connectivity index (χ0n) is 10.9. The van der Waals surface area contributed by atoms with E-state index >= 15 is 0 Å². The molecule has 2 heterocycles. The van der Waals surface area contributed by atoms with E-state index in [0.717, 1.165) is 48.1 Å². The highest BCUT2D eigenvalue weighted by molar-refractivity contribution is 9.09. The van der Waals surface area contributed by atoms with Crippen LogP contribution >= 0.6 is 15.9 Å². The van der Waals surface area contributed by atoms with E-state index in [1.165, 1.54) is 6.42 Å². The number of hydrogen-bond acceptors (Lipinski definition) is 4. The molecular formula is C13H19BrN2O2. The maximum atomic E-state index is 5.41. The first-order valence-corrected chi connectivity index (χ1v) is 7.24. The molecule has 4 nitrogen and oxygen atoms in total. The molecular weight excluding hydrogens is 296 g/mol. The van der Waals surface area contributed by atoms with Gasteiger partial charge in [0.15, 0.2) is 11.5 Å². The van der Waals surface area contributed by atoms with Crippen LogP contribution < -0.4 is 9.47 Å². The van der Waals surface area contributed by atoms with E-state index in [4.69, 9.17) is 9.47 Å². The highest BCUT2D eigenvalue weighted by Crippen LogP contribution is 2.31. The van der Waals surface area contributed by atoms with Gasteiger partial charge in [0.2, 0.25) is 0 Å². The van der Waals surface area contributed by atoms with Crippen molar-refractivity contribution in [3.05, 3.63) is 18.0 Å². The van der Waals surface area contributed by atoms with Crippen molar-refractivity contribution in [1.29, 1.82) is 0 Å². The Morgan fingerprint density at radius 1 is 1.44 bits per heavy atom. The van der Waals surface area contributed by atoms with Crippen molar-refractivity contribution in [1.82, 2.24) is 9.88 Å². The predicted octanol–water partition coefficient (Wildman–Crippen LogP) is 2.32. The summed E-state index contributed by atoms with van der Waals surface area (Å²) in [4.78, 5) is 6.83. The summed E-state index contributed by atoms with van der Waals surface area (Å²) in [5, 5.41) is 1.08. The summed E-state index contributed by atoms with van der Waals surface area (Å²) in [6.45, 7) is 3.06. The fraction of sp³-hybridized carbons (Fsp3) is 0.615. The zero-order chi connectivity index (χ0) is 13.0. The fourth-order valence-corrected chi connectivity index (χ4v) is 2.89. The maximum Gasteiger partial charge on any atom is 0.183 e. The molecule has 0 N–H and O–H groups in total. The molecule has 1 aliphatic heterocycles. The van der Waals surface area contributed by atoms with Crippen LogP contribution in [0.2, 0.25) is 0 Å². The summed E-state index contributed by atoms with van der Waals surface area (Å²) in [5.41, 5.74) is 0.951. The standard InChI is InChI=1S/C13H19BrN2O2/c1-17-12-3-5-15-11(13(12)18-2)9-16-6-4-10(7-14)8-16/h3,5,10H,4,6-9H2,1-2H3. The molecule has 1 aromatic heterocycles. The molecule has 0 radical (unpaired) electrons. The molecule has 0 aromatic carbocycles. The number of nitrogens with zero attached hydrogens (tertiary/aromatic N) is 2. The third-order valence-corrected chi connectivity index (χ3v) is 4.24. The number of likely N-dealkylation sites (tertiary alicyclic amines) is 1. The molecule has 1 aromatic rings. The van der Waals surface area contributed by atoms with E-state index in [-0.39, 0.29) is 0 Å². The van der Waals surface area contributed by atoms with E-state index in [0.29, 0.717) is 0 Å². The Balaban J connectivity index is 2.09. The fourth-order valence-electron chi connectivity index (χ4n) is 2.36. The van der Waals surface area contributed by atoms with Gasteiger partial charge in [0.05, 0.1) is 14.2 Å². The van der Waals surface area contributed by atoms with Gasteiger partial charge in [-0.15, -0.1) is 0 Å². The van der Waals surface area contributed by atoms with Crippen molar-refractivity contribution >= 4 is 15.9 Å². The number of halogens is 1. The number of ether oxygens (including phenoxy) is 2. The van der Waals surface area contributed by atoms with Crippen LogP contribution in [0.25, 0.3) is 0 Å². The minimum absolute atomic E-state index is 0.749. The summed E-state index contributed by atoms with van der Waals surface area (Å²) in [7, 11) is 3.31. The van der Waals surface area contributed by atoms with Crippen molar-refractivity contribution < 1.29 is 9.47 Å². The Kier molecular flexibility index (Phi) is 4.83. The van der Waals surface area contributed by atoms with Crippen LogP contribution in [-0.2, 0) is 6.54 Å². The number of alkyl halides is 1. The number of methoxy groups -OCH3 is 2.